The molecule has 134 valence electrons. The normalized spacial score (nSPS) is 20.2. The van der Waals surface area contributed by atoms with Gasteiger partial charge in [-0.05, 0) is 18.9 Å². The molecule has 2 N–H and O–H groups in total. The van der Waals surface area contributed by atoms with E-state index in [0.717, 1.165) is 6.42 Å². The van der Waals surface area contributed by atoms with Crippen molar-refractivity contribution in [1.29, 1.82) is 0 Å². The van der Waals surface area contributed by atoms with Crippen molar-refractivity contribution in [3.63, 3.8) is 0 Å². The molecule has 0 saturated carbocycles. The molecule has 1 fully saturated rings. The molecule has 2 unspecified atom stereocenters. The quantitative estimate of drug-likeness (QED) is 0.632. The molecular weight excluding hydrogens is 338 g/mol. The lowest BCUT2D eigenvalue weighted by Gasteiger charge is -2.38. The van der Waals surface area contributed by atoms with Gasteiger partial charge in [0.2, 0.25) is 0 Å². The molecule has 1 saturated heterocycles. The summed E-state index contributed by atoms with van der Waals surface area (Å²) in [6.45, 7) is 0.883. The number of halogens is 1. The largest absolute Gasteiger partial charge is 0.490 e. The third-order valence-electron chi connectivity index (χ3n) is 4.16. The Labute approximate surface area is 146 Å². The van der Waals surface area contributed by atoms with Crippen molar-refractivity contribution >= 4 is 24.0 Å². The minimum atomic E-state index is -0.542. The first-order valence-corrected chi connectivity index (χ1v) is 7.38. The minimum Gasteiger partial charge on any atom is -0.490 e. The van der Waals surface area contributed by atoms with Crippen LogP contribution in [0.1, 0.15) is 23.2 Å². The highest BCUT2D eigenvalue weighted by Crippen LogP contribution is 2.29. The lowest BCUT2D eigenvalue weighted by Crippen LogP contribution is -2.51. The first kappa shape index (κ1) is 20.1. The Kier molecular flexibility index (Phi) is 7.40. The second-order valence-electron chi connectivity index (χ2n) is 5.41. The van der Waals surface area contributed by atoms with Crippen LogP contribution in [0.25, 0.3) is 0 Å². The highest BCUT2D eigenvalue weighted by molar-refractivity contribution is 5.95. The number of nitro groups is 1. The standard InChI is InChI=1S/C15H21N3O5.ClH/c1-22-12-5-6-17(11(8-12)9-16)15(19)10-3-4-13(18(20)21)14(7-10)23-2;/h3-4,7,11-12H,5-6,8-9,16H2,1-2H3;1H. The number of hydrogen-bond donors (Lipinski definition) is 1. The Hall–Kier alpha value is -1.90. The first-order valence-electron chi connectivity index (χ1n) is 7.38. The number of methoxy groups -OCH3 is 2. The van der Waals surface area contributed by atoms with Crippen molar-refractivity contribution < 1.29 is 19.2 Å². The third-order valence-corrected chi connectivity index (χ3v) is 4.16. The number of ether oxygens (including phenoxy) is 2. The monoisotopic (exact) mass is 359 g/mol. The van der Waals surface area contributed by atoms with Crippen LogP contribution < -0.4 is 10.5 Å². The third kappa shape index (κ3) is 4.14. The fourth-order valence-electron chi connectivity index (χ4n) is 2.85. The second kappa shape index (κ2) is 8.81. The van der Waals surface area contributed by atoms with Crippen LogP contribution in [0.2, 0.25) is 0 Å². The smallest absolute Gasteiger partial charge is 0.310 e. The number of rotatable bonds is 5. The van der Waals surface area contributed by atoms with Gasteiger partial charge in [0.25, 0.3) is 5.91 Å². The van der Waals surface area contributed by atoms with Crippen LogP contribution in [-0.4, -0.2) is 55.2 Å². The molecule has 9 heteroatoms. The van der Waals surface area contributed by atoms with Gasteiger partial charge in [-0.15, -0.1) is 12.4 Å². The van der Waals surface area contributed by atoms with Gasteiger partial charge >= 0.3 is 5.69 Å². The van der Waals surface area contributed by atoms with Crippen molar-refractivity contribution in [2.24, 2.45) is 5.73 Å². The van der Waals surface area contributed by atoms with Crippen LogP contribution >= 0.6 is 12.4 Å². The fraction of sp³-hybridized carbons (Fsp3) is 0.533. The first-order chi connectivity index (χ1) is 11.0. The summed E-state index contributed by atoms with van der Waals surface area (Å²) in [5.41, 5.74) is 5.96. The fourth-order valence-corrected chi connectivity index (χ4v) is 2.85. The van der Waals surface area contributed by atoms with E-state index >= 15 is 0 Å². The number of likely N-dealkylation sites (tertiary alicyclic amines) is 1. The molecule has 1 aromatic rings. The predicted octanol–water partition coefficient (Wildman–Crippen LogP) is 1.60. The van der Waals surface area contributed by atoms with E-state index in [9.17, 15) is 14.9 Å². The highest BCUT2D eigenvalue weighted by Gasteiger charge is 2.32. The number of carbonyl (C=O) groups excluding carboxylic acids is 1. The van der Waals surface area contributed by atoms with Gasteiger partial charge in [0, 0.05) is 43.9 Å². The molecular formula is C15H22ClN3O5. The maximum absolute atomic E-state index is 12.7. The van der Waals surface area contributed by atoms with E-state index in [1.54, 1.807) is 12.0 Å². The van der Waals surface area contributed by atoms with Crippen LogP contribution in [0.4, 0.5) is 5.69 Å². The van der Waals surface area contributed by atoms with E-state index in [-0.39, 0.29) is 41.9 Å². The van der Waals surface area contributed by atoms with Crippen LogP contribution in [-0.2, 0) is 4.74 Å². The molecule has 8 nitrogen and oxygen atoms in total. The Morgan fingerprint density at radius 3 is 2.71 bits per heavy atom. The maximum Gasteiger partial charge on any atom is 0.310 e. The lowest BCUT2D eigenvalue weighted by atomic mass is 9.98. The highest BCUT2D eigenvalue weighted by atomic mass is 35.5. The summed E-state index contributed by atoms with van der Waals surface area (Å²) in [6.07, 6.45) is 1.52. The molecule has 2 rings (SSSR count). The van der Waals surface area contributed by atoms with E-state index in [1.165, 1.54) is 25.3 Å². The van der Waals surface area contributed by atoms with E-state index in [1.807, 2.05) is 0 Å². The molecule has 0 aliphatic carbocycles. The number of nitrogens with zero attached hydrogens (tertiary/aromatic N) is 2. The zero-order valence-corrected chi connectivity index (χ0v) is 14.5. The van der Waals surface area contributed by atoms with Crippen LogP contribution in [0.15, 0.2) is 18.2 Å². The molecule has 0 spiro atoms. The number of nitro benzene ring substituents is 1. The maximum atomic E-state index is 12.7. The zero-order valence-electron chi connectivity index (χ0n) is 13.6. The number of amides is 1. The van der Waals surface area contributed by atoms with E-state index in [4.69, 9.17) is 15.2 Å². The number of piperidine rings is 1. The molecule has 0 radical (unpaired) electrons. The summed E-state index contributed by atoms with van der Waals surface area (Å²) in [6, 6.07) is 4.02. The summed E-state index contributed by atoms with van der Waals surface area (Å²) in [4.78, 5) is 24.8. The summed E-state index contributed by atoms with van der Waals surface area (Å²) in [7, 11) is 2.99. The molecule has 0 bridgehead atoms. The Bertz CT molecular complexity index is 598. The van der Waals surface area contributed by atoms with E-state index < -0.39 is 4.92 Å². The topological polar surface area (TPSA) is 108 Å². The average Bonchev–Trinajstić information content (AvgIpc) is 2.59. The number of hydrogen-bond acceptors (Lipinski definition) is 6. The van der Waals surface area contributed by atoms with Crippen LogP contribution in [0, 0.1) is 10.1 Å². The minimum absolute atomic E-state index is 0. The average molecular weight is 360 g/mol. The SMILES string of the molecule is COc1cc(C(=O)N2CCC(OC)CC2CN)ccc1[N+](=O)[O-].Cl. The van der Waals surface area contributed by atoms with Gasteiger partial charge in [0.05, 0.1) is 18.1 Å². The number of carbonyl (C=O) groups is 1. The van der Waals surface area contributed by atoms with Crippen molar-refractivity contribution in [1.82, 2.24) is 4.90 Å². The molecule has 1 aliphatic rings. The Morgan fingerprint density at radius 2 is 2.17 bits per heavy atom. The molecule has 24 heavy (non-hydrogen) atoms. The summed E-state index contributed by atoms with van der Waals surface area (Å²) in [5, 5.41) is 10.9. The van der Waals surface area contributed by atoms with E-state index in [0.29, 0.717) is 25.1 Å². The summed E-state index contributed by atoms with van der Waals surface area (Å²) >= 11 is 0. The van der Waals surface area contributed by atoms with Crippen molar-refractivity contribution in [2.75, 3.05) is 27.3 Å². The van der Waals surface area contributed by atoms with Crippen molar-refractivity contribution in [3.05, 3.63) is 33.9 Å². The summed E-state index contributed by atoms with van der Waals surface area (Å²) in [5.74, 6) is -0.139. The molecule has 0 aromatic heterocycles. The van der Waals surface area contributed by atoms with Crippen molar-refractivity contribution in [2.45, 2.75) is 25.0 Å². The van der Waals surface area contributed by atoms with Gasteiger partial charge in [-0.1, -0.05) is 0 Å². The molecule has 2 atom stereocenters. The van der Waals surface area contributed by atoms with Gasteiger partial charge in [-0.25, -0.2) is 0 Å². The molecule has 1 heterocycles. The van der Waals surface area contributed by atoms with Gasteiger partial charge in [0.15, 0.2) is 5.75 Å². The van der Waals surface area contributed by atoms with E-state index in [2.05, 4.69) is 0 Å². The van der Waals surface area contributed by atoms with Crippen LogP contribution in [0.5, 0.6) is 5.75 Å². The van der Waals surface area contributed by atoms with Crippen molar-refractivity contribution in [3.8, 4) is 5.75 Å². The number of benzene rings is 1. The van der Waals surface area contributed by atoms with Gasteiger partial charge in [-0.3, -0.25) is 14.9 Å². The molecule has 1 amide bonds. The van der Waals surface area contributed by atoms with Crippen LogP contribution in [0.3, 0.4) is 0 Å². The van der Waals surface area contributed by atoms with Gasteiger partial charge in [-0.2, -0.15) is 0 Å². The Balaban J connectivity index is 0.00000288. The number of nitrogens with two attached hydrogens (primary N) is 1. The molecule has 1 aromatic carbocycles. The Morgan fingerprint density at radius 1 is 1.46 bits per heavy atom. The zero-order chi connectivity index (χ0) is 17.0. The lowest BCUT2D eigenvalue weighted by molar-refractivity contribution is -0.385. The summed E-state index contributed by atoms with van der Waals surface area (Å²) < 4.78 is 10.4. The van der Waals surface area contributed by atoms with Gasteiger partial charge < -0.3 is 20.1 Å². The van der Waals surface area contributed by atoms with Gasteiger partial charge in [0.1, 0.15) is 0 Å². The second-order valence-corrected chi connectivity index (χ2v) is 5.41. The predicted molar refractivity (Wildman–Crippen MR) is 90.8 cm³/mol. The molecule has 1 aliphatic heterocycles.